The van der Waals surface area contributed by atoms with Gasteiger partial charge in [0.1, 0.15) is 0 Å². The Hall–Kier alpha value is -3.06. The first-order valence-corrected chi connectivity index (χ1v) is 10.4. The monoisotopic (exact) mass is 403 g/mol. The number of hydrogen-bond acceptors (Lipinski definition) is 6. The second-order valence-corrected chi connectivity index (χ2v) is 8.49. The molecule has 2 fully saturated rings. The Labute approximate surface area is 175 Å². The molecule has 2 saturated heterocycles. The van der Waals surface area contributed by atoms with E-state index in [0.29, 0.717) is 11.5 Å². The molecule has 1 atom stereocenters. The van der Waals surface area contributed by atoms with E-state index in [1.165, 1.54) is 0 Å². The van der Waals surface area contributed by atoms with Gasteiger partial charge in [0.05, 0.1) is 6.04 Å². The van der Waals surface area contributed by atoms with Gasteiger partial charge in [-0.05, 0) is 56.0 Å². The Kier molecular flexibility index (Phi) is 4.83. The Bertz CT molecular complexity index is 1010. The summed E-state index contributed by atoms with van der Waals surface area (Å²) in [7, 11) is 2.13. The van der Waals surface area contributed by atoms with Crippen LogP contribution in [-0.4, -0.2) is 57.5 Å². The van der Waals surface area contributed by atoms with E-state index in [-0.39, 0.29) is 17.4 Å². The van der Waals surface area contributed by atoms with Gasteiger partial charge in [0.2, 0.25) is 0 Å². The molecule has 30 heavy (non-hydrogen) atoms. The lowest BCUT2D eigenvalue weighted by Crippen LogP contribution is -2.44. The van der Waals surface area contributed by atoms with Crippen LogP contribution in [0.4, 0.5) is 0 Å². The average molecular weight is 403 g/mol. The van der Waals surface area contributed by atoms with Crippen molar-refractivity contribution in [2.75, 3.05) is 26.7 Å². The van der Waals surface area contributed by atoms with Crippen molar-refractivity contribution in [1.29, 1.82) is 0 Å². The number of pyridine rings is 1. The van der Waals surface area contributed by atoms with Gasteiger partial charge in [-0.25, -0.2) is 0 Å². The van der Waals surface area contributed by atoms with Crippen LogP contribution in [0.25, 0.3) is 11.5 Å². The maximum atomic E-state index is 12.7. The Morgan fingerprint density at radius 1 is 1.10 bits per heavy atom. The van der Waals surface area contributed by atoms with Crippen LogP contribution in [0, 0.1) is 5.41 Å². The fourth-order valence-corrected chi connectivity index (χ4v) is 4.85. The van der Waals surface area contributed by atoms with Crippen molar-refractivity contribution in [3.8, 4) is 11.5 Å². The zero-order valence-electron chi connectivity index (χ0n) is 17.1. The number of aromatic nitrogens is 3. The highest BCUT2D eigenvalue weighted by atomic mass is 16.5. The number of hydrogen-bond donors (Lipinski definition) is 0. The molecule has 0 saturated carbocycles. The predicted octanol–water partition coefficient (Wildman–Crippen LogP) is 3.43. The van der Waals surface area contributed by atoms with Crippen LogP contribution < -0.4 is 0 Å². The van der Waals surface area contributed by atoms with Gasteiger partial charge in [0, 0.05) is 43.2 Å². The number of nitrogens with zero attached hydrogens (tertiary/aromatic N) is 5. The molecule has 0 bridgehead atoms. The summed E-state index contributed by atoms with van der Waals surface area (Å²) >= 11 is 0. The Morgan fingerprint density at radius 2 is 1.83 bits per heavy atom. The third-order valence-electron chi connectivity index (χ3n) is 6.54. The molecule has 7 heteroatoms. The molecular formula is C23H25N5O2. The van der Waals surface area contributed by atoms with Crippen molar-refractivity contribution in [3.63, 3.8) is 0 Å². The third-order valence-corrected chi connectivity index (χ3v) is 6.54. The molecule has 2 aliphatic heterocycles. The minimum atomic E-state index is 0.0980. The van der Waals surface area contributed by atoms with Crippen LogP contribution in [0.15, 0.2) is 59.4 Å². The van der Waals surface area contributed by atoms with Crippen LogP contribution in [-0.2, 0) is 0 Å². The van der Waals surface area contributed by atoms with Crippen molar-refractivity contribution in [1.82, 2.24) is 24.9 Å². The molecule has 1 aromatic carbocycles. The first-order valence-electron chi connectivity index (χ1n) is 10.4. The molecule has 7 nitrogen and oxygen atoms in total. The van der Waals surface area contributed by atoms with E-state index in [1.54, 1.807) is 24.5 Å². The van der Waals surface area contributed by atoms with Crippen LogP contribution in [0.1, 0.15) is 41.5 Å². The number of carbonyl (C=O) groups excluding carboxylic acids is 1. The van der Waals surface area contributed by atoms with Gasteiger partial charge < -0.3 is 9.42 Å². The summed E-state index contributed by atoms with van der Waals surface area (Å²) in [6, 6.07) is 13.6. The highest BCUT2D eigenvalue weighted by Crippen LogP contribution is 2.48. The molecule has 0 N–H and O–H groups in total. The number of benzene rings is 1. The zero-order chi connectivity index (χ0) is 20.6. The van der Waals surface area contributed by atoms with Gasteiger partial charge in [0.25, 0.3) is 11.8 Å². The normalized spacial score (nSPS) is 21.2. The third kappa shape index (κ3) is 3.50. The van der Waals surface area contributed by atoms with E-state index in [2.05, 4.69) is 27.1 Å². The second-order valence-electron chi connectivity index (χ2n) is 8.49. The topological polar surface area (TPSA) is 75.4 Å². The van der Waals surface area contributed by atoms with E-state index in [9.17, 15) is 4.79 Å². The predicted molar refractivity (Wildman–Crippen MR) is 112 cm³/mol. The molecule has 0 aliphatic carbocycles. The van der Waals surface area contributed by atoms with Gasteiger partial charge >= 0.3 is 0 Å². The lowest BCUT2D eigenvalue weighted by molar-refractivity contribution is 0.0593. The number of rotatable bonds is 3. The van der Waals surface area contributed by atoms with Crippen molar-refractivity contribution >= 4 is 5.91 Å². The standard InChI is InChI=1S/C23H25N5O2/c1-27-16-23(9-13-28(14-10-23)22(29)18-7-11-24-12-8-18)15-19(27)20-25-21(30-26-20)17-5-3-2-4-6-17/h2-8,11-12,19H,9-10,13-16H2,1H3. The molecule has 154 valence electrons. The number of amides is 1. The highest BCUT2D eigenvalue weighted by Gasteiger charge is 2.46. The summed E-state index contributed by atoms with van der Waals surface area (Å²) in [4.78, 5) is 25.7. The molecule has 2 aromatic heterocycles. The summed E-state index contributed by atoms with van der Waals surface area (Å²) < 4.78 is 5.54. The number of piperidine rings is 1. The summed E-state index contributed by atoms with van der Waals surface area (Å²) in [5.41, 5.74) is 1.85. The SMILES string of the molecule is CN1CC2(CCN(C(=O)c3ccncc3)CC2)CC1c1noc(-c2ccccc2)n1. The highest BCUT2D eigenvalue weighted by molar-refractivity contribution is 5.94. The Morgan fingerprint density at radius 3 is 2.57 bits per heavy atom. The van der Waals surface area contributed by atoms with E-state index in [4.69, 9.17) is 4.52 Å². The quantitative estimate of drug-likeness (QED) is 0.667. The summed E-state index contributed by atoms with van der Waals surface area (Å²) in [6.07, 6.45) is 6.32. The summed E-state index contributed by atoms with van der Waals surface area (Å²) in [6.45, 7) is 2.55. The van der Waals surface area contributed by atoms with Gasteiger partial charge in [-0.3, -0.25) is 14.7 Å². The summed E-state index contributed by atoms with van der Waals surface area (Å²) in [5.74, 6) is 1.42. The first kappa shape index (κ1) is 18.9. The minimum absolute atomic E-state index is 0.0980. The van der Waals surface area contributed by atoms with Crippen molar-refractivity contribution in [2.24, 2.45) is 5.41 Å². The molecule has 1 spiro atoms. The van der Waals surface area contributed by atoms with Crippen LogP contribution in [0.3, 0.4) is 0 Å². The van der Waals surface area contributed by atoms with Gasteiger partial charge in [0.15, 0.2) is 5.82 Å². The van der Waals surface area contributed by atoms with Crippen LogP contribution in [0.5, 0.6) is 0 Å². The van der Waals surface area contributed by atoms with Gasteiger partial charge in [-0.2, -0.15) is 4.98 Å². The molecular weight excluding hydrogens is 378 g/mol. The van der Waals surface area contributed by atoms with E-state index < -0.39 is 0 Å². The van der Waals surface area contributed by atoms with Crippen LogP contribution in [0.2, 0.25) is 0 Å². The fourth-order valence-electron chi connectivity index (χ4n) is 4.85. The minimum Gasteiger partial charge on any atom is -0.339 e. The molecule has 5 rings (SSSR count). The molecule has 2 aliphatic rings. The molecule has 0 radical (unpaired) electrons. The van der Waals surface area contributed by atoms with E-state index in [0.717, 1.165) is 50.3 Å². The maximum absolute atomic E-state index is 12.7. The van der Waals surface area contributed by atoms with Crippen molar-refractivity contribution in [2.45, 2.75) is 25.3 Å². The van der Waals surface area contributed by atoms with Crippen molar-refractivity contribution in [3.05, 3.63) is 66.2 Å². The van der Waals surface area contributed by atoms with Crippen molar-refractivity contribution < 1.29 is 9.32 Å². The second kappa shape index (κ2) is 7.65. The molecule has 4 heterocycles. The number of carbonyl (C=O) groups is 1. The lowest BCUT2D eigenvalue weighted by Gasteiger charge is -2.39. The molecule has 1 unspecified atom stereocenters. The van der Waals surface area contributed by atoms with Crippen LogP contribution >= 0.6 is 0 Å². The first-order chi connectivity index (χ1) is 14.6. The van der Waals surface area contributed by atoms with E-state index in [1.807, 2.05) is 35.2 Å². The van der Waals surface area contributed by atoms with Gasteiger partial charge in [-0.1, -0.05) is 23.4 Å². The fraction of sp³-hybridized carbons (Fsp3) is 0.391. The number of likely N-dealkylation sites (tertiary alicyclic amines) is 2. The van der Waals surface area contributed by atoms with Gasteiger partial charge in [-0.15, -0.1) is 0 Å². The van der Waals surface area contributed by atoms with E-state index >= 15 is 0 Å². The maximum Gasteiger partial charge on any atom is 0.257 e. The molecule has 1 amide bonds. The Balaban J connectivity index is 1.26. The zero-order valence-corrected chi connectivity index (χ0v) is 17.1. The lowest BCUT2D eigenvalue weighted by atomic mass is 9.76. The average Bonchev–Trinajstić information content (AvgIpc) is 3.40. The molecule has 3 aromatic rings. The smallest absolute Gasteiger partial charge is 0.257 e. The summed E-state index contributed by atoms with van der Waals surface area (Å²) in [5, 5.41) is 4.29. The largest absolute Gasteiger partial charge is 0.339 e.